The third-order valence-corrected chi connectivity index (χ3v) is 8.51. The van der Waals surface area contributed by atoms with E-state index in [2.05, 4.69) is 10.0 Å². The summed E-state index contributed by atoms with van der Waals surface area (Å²) in [4.78, 5) is 28.4. The Morgan fingerprint density at radius 1 is 1.14 bits per heavy atom. The first-order chi connectivity index (χ1) is 17.2. The highest BCUT2D eigenvalue weighted by Crippen LogP contribution is 2.33. The monoisotopic (exact) mass is 536 g/mol. The standard InChI is InChI=1S/C25H30ClFN4O4S/c1-17-16-30(17)36(34,35)28-15-23(32)31(20-11-7-8-18(27)14-20)24(21-12-5-6-13-22(21)26)25(33)29-19-9-3-2-4-10-19/h5-8,11-14,17,19,24,28H,2-4,9-10,15-16H2,1H3,(H,29,33)/t17-,24-,30?/m0/s1. The van der Waals surface area contributed by atoms with Crippen molar-refractivity contribution in [2.24, 2.45) is 0 Å². The minimum atomic E-state index is -3.86. The number of nitrogens with zero attached hydrogens (tertiary/aromatic N) is 2. The van der Waals surface area contributed by atoms with Gasteiger partial charge in [0.25, 0.3) is 10.2 Å². The first kappa shape index (κ1) is 26.5. The van der Waals surface area contributed by atoms with Gasteiger partial charge in [-0.2, -0.15) is 17.4 Å². The summed E-state index contributed by atoms with van der Waals surface area (Å²) in [7, 11) is -3.86. The van der Waals surface area contributed by atoms with Crippen molar-refractivity contribution in [1.82, 2.24) is 14.3 Å². The minimum Gasteiger partial charge on any atom is -0.351 e. The van der Waals surface area contributed by atoms with Crippen molar-refractivity contribution < 1.29 is 22.4 Å². The largest absolute Gasteiger partial charge is 0.351 e. The predicted octanol–water partition coefficient (Wildman–Crippen LogP) is 3.54. The van der Waals surface area contributed by atoms with E-state index < -0.39 is 40.4 Å². The maximum Gasteiger partial charge on any atom is 0.280 e. The van der Waals surface area contributed by atoms with E-state index in [1.54, 1.807) is 31.2 Å². The third-order valence-electron chi connectivity index (χ3n) is 6.53. The van der Waals surface area contributed by atoms with Gasteiger partial charge in [0.2, 0.25) is 11.8 Å². The van der Waals surface area contributed by atoms with Crippen molar-refractivity contribution in [1.29, 1.82) is 0 Å². The molecule has 1 aliphatic heterocycles. The fourth-order valence-corrected chi connectivity index (χ4v) is 6.15. The number of rotatable bonds is 9. The van der Waals surface area contributed by atoms with Crippen molar-refractivity contribution in [3.63, 3.8) is 0 Å². The zero-order valence-corrected chi connectivity index (χ0v) is 21.6. The Hall–Kier alpha value is -2.53. The molecule has 36 heavy (non-hydrogen) atoms. The van der Waals surface area contributed by atoms with Crippen molar-refractivity contribution in [3.8, 4) is 0 Å². The lowest BCUT2D eigenvalue weighted by Crippen LogP contribution is -2.50. The van der Waals surface area contributed by atoms with E-state index in [1.165, 1.54) is 22.5 Å². The summed E-state index contributed by atoms with van der Waals surface area (Å²) in [6.45, 7) is 1.51. The SMILES string of the molecule is C[C@H]1CN1S(=O)(=O)NCC(=O)N(c1cccc(F)c1)[C@H](C(=O)NC1CCCCC1)c1ccccc1Cl. The Kier molecular flexibility index (Phi) is 8.29. The maximum atomic E-state index is 14.3. The molecular formula is C25H30ClFN4O4S. The van der Waals surface area contributed by atoms with Gasteiger partial charge in [0, 0.05) is 34.9 Å². The molecule has 2 aromatic carbocycles. The lowest BCUT2D eigenvalue weighted by molar-refractivity contribution is -0.127. The van der Waals surface area contributed by atoms with Crippen LogP contribution in [-0.4, -0.2) is 49.7 Å². The molecule has 1 saturated carbocycles. The summed E-state index contributed by atoms with van der Waals surface area (Å²) in [6.07, 6.45) is 4.73. The summed E-state index contributed by atoms with van der Waals surface area (Å²) >= 11 is 6.48. The molecule has 2 aliphatic rings. The van der Waals surface area contributed by atoms with Crippen LogP contribution in [0.25, 0.3) is 0 Å². The highest BCUT2D eigenvalue weighted by molar-refractivity contribution is 7.87. The number of halogens is 2. The van der Waals surface area contributed by atoms with E-state index in [0.717, 1.165) is 43.1 Å². The van der Waals surface area contributed by atoms with E-state index in [0.29, 0.717) is 12.1 Å². The van der Waals surface area contributed by atoms with Crippen molar-refractivity contribution in [2.75, 3.05) is 18.0 Å². The molecule has 194 valence electrons. The van der Waals surface area contributed by atoms with Gasteiger partial charge in [-0.25, -0.2) is 4.39 Å². The first-order valence-electron chi connectivity index (χ1n) is 12.1. The van der Waals surface area contributed by atoms with Crippen LogP contribution in [0.4, 0.5) is 10.1 Å². The van der Waals surface area contributed by atoms with Gasteiger partial charge in [-0.1, -0.05) is 55.1 Å². The van der Waals surface area contributed by atoms with Crippen LogP contribution in [0, 0.1) is 5.82 Å². The number of hydrogen-bond donors (Lipinski definition) is 2. The lowest BCUT2D eigenvalue weighted by Gasteiger charge is -2.34. The third kappa shape index (κ3) is 6.23. The predicted molar refractivity (Wildman–Crippen MR) is 136 cm³/mol. The number of hydrogen-bond acceptors (Lipinski definition) is 4. The molecular weight excluding hydrogens is 507 g/mol. The van der Waals surface area contributed by atoms with Gasteiger partial charge in [0.1, 0.15) is 11.9 Å². The van der Waals surface area contributed by atoms with Gasteiger partial charge in [-0.3, -0.25) is 14.5 Å². The molecule has 2 N–H and O–H groups in total. The van der Waals surface area contributed by atoms with Crippen LogP contribution in [-0.2, 0) is 19.8 Å². The molecule has 2 fully saturated rings. The van der Waals surface area contributed by atoms with Gasteiger partial charge in [0.15, 0.2) is 0 Å². The molecule has 2 amide bonds. The smallest absolute Gasteiger partial charge is 0.280 e. The molecule has 1 aliphatic carbocycles. The Morgan fingerprint density at radius 2 is 1.83 bits per heavy atom. The zero-order valence-electron chi connectivity index (χ0n) is 20.0. The van der Waals surface area contributed by atoms with Crippen LogP contribution in [0.3, 0.4) is 0 Å². The molecule has 1 heterocycles. The summed E-state index contributed by atoms with van der Waals surface area (Å²) < 4.78 is 42.8. The van der Waals surface area contributed by atoms with E-state index in [1.807, 2.05) is 0 Å². The average Bonchev–Trinajstić information content (AvgIpc) is 3.60. The summed E-state index contributed by atoms with van der Waals surface area (Å²) in [5.41, 5.74) is 0.468. The number of carbonyl (C=O) groups excluding carboxylic acids is 2. The van der Waals surface area contributed by atoms with Crippen LogP contribution >= 0.6 is 11.6 Å². The van der Waals surface area contributed by atoms with Crippen molar-refractivity contribution in [2.45, 2.75) is 57.2 Å². The normalized spacial score (nSPS) is 21.0. The summed E-state index contributed by atoms with van der Waals surface area (Å²) in [6, 6.07) is 10.5. The lowest BCUT2D eigenvalue weighted by atomic mass is 9.94. The zero-order chi connectivity index (χ0) is 25.9. The number of benzene rings is 2. The summed E-state index contributed by atoms with van der Waals surface area (Å²) in [5, 5.41) is 3.30. The molecule has 0 spiro atoms. The second-order valence-corrected chi connectivity index (χ2v) is 11.4. The fraction of sp³-hybridized carbons (Fsp3) is 0.440. The van der Waals surface area contributed by atoms with Gasteiger partial charge < -0.3 is 5.32 Å². The Morgan fingerprint density at radius 3 is 2.47 bits per heavy atom. The highest BCUT2D eigenvalue weighted by atomic mass is 35.5. The minimum absolute atomic E-state index is 0.0524. The molecule has 1 unspecified atom stereocenters. The quantitative estimate of drug-likeness (QED) is 0.479. The van der Waals surface area contributed by atoms with E-state index in [4.69, 9.17) is 11.6 Å². The van der Waals surface area contributed by atoms with Crippen molar-refractivity contribution >= 4 is 39.3 Å². The number of amides is 2. The highest BCUT2D eigenvalue weighted by Gasteiger charge is 2.41. The van der Waals surface area contributed by atoms with Crippen molar-refractivity contribution in [3.05, 3.63) is 64.9 Å². The first-order valence-corrected chi connectivity index (χ1v) is 13.9. The molecule has 0 bridgehead atoms. The number of carbonyl (C=O) groups is 2. The molecule has 0 aromatic heterocycles. The molecule has 0 radical (unpaired) electrons. The molecule has 8 nitrogen and oxygen atoms in total. The Labute approximate surface area is 216 Å². The van der Waals surface area contributed by atoms with Gasteiger partial charge >= 0.3 is 0 Å². The number of nitrogens with one attached hydrogen (secondary N) is 2. The summed E-state index contributed by atoms with van der Waals surface area (Å²) in [5.74, 6) is -1.79. The topological polar surface area (TPSA) is 98.6 Å². The van der Waals surface area contributed by atoms with Crippen LogP contribution in [0.15, 0.2) is 48.5 Å². The molecule has 4 rings (SSSR count). The van der Waals surface area contributed by atoms with Gasteiger partial charge in [-0.15, -0.1) is 0 Å². The van der Waals surface area contributed by atoms with Gasteiger partial charge in [0.05, 0.1) is 6.54 Å². The second kappa shape index (κ2) is 11.2. The van der Waals surface area contributed by atoms with E-state index >= 15 is 0 Å². The molecule has 1 saturated heterocycles. The number of anilines is 1. The average molecular weight is 537 g/mol. The van der Waals surface area contributed by atoms with Crippen LogP contribution in [0.5, 0.6) is 0 Å². The van der Waals surface area contributed by atoms with E-state index in [-0.39, 0.29) is 22.8 Å². The van der Waals surface area contributed by atoms with Crippen LogP contribution in [0.2, 0.25) is 5.02 Å². The van der Waals surface area contributed by atoms with E-state index in [9.17, 15) is 22.4 Å². The second-order valence-electron chi connectivity index (χ2n) is 9.26. The van der Waals surface area contributed by atoms with Crippen LogP contribution in [0.1, 0.15) is 50.6 Å². The van der Waals surface area contributed by atoms with Crippen LogP contribution < -0.4 is 14.9 Å². The molecule has 11 heteroatoms. The fourth-order valence-electron chi connectivity index (χ4n) is 4.55. The molecule has 3 atom stereocenters. The Balaban J connectivity index is 1.70. The van der Waals surface area contributed by atoms with Gasteiger partial charge in [-0.05, 0) is 44.0 Å². The Bertz CT molecular complexity index is 1220. The molecule has 2 aromatic rings. The maximum absolute atomic E-state index is 14.3.